The second-order valence-electron chi connectivity index (χ2n) is 6.87. The van der Waals surface area contributed by atoms with Gasteiger partial charge in [0.05, 0.1) is 21.4 Å². The van der Waals surface area contributed by atoms with Gasteiger partial charge in [-0.25, -0.2) is 4.90 Å². The van der Waals surface area contributed by atoms with E-state index in [9.17, 15) is 14.4 Å². The highest BCUT2D eigenvalue weighted by Gasteiger charge is 2.39. The van der Waals surface area contributed by atoms with Crippen LogP contribution in [0.2, 0.25) is 10.0 Å². The van der Waals surface area contributed by atoms with Gasteiger partial charge in [-0.05, 0) is 64.5 Å². The van der Waals surface area contributed by atoms with Crippen molar-refractivity contribution < 1.29 is 14.4 Å². The zero-order chi connectivity index (χ0) is 23.7. The monoisotopic (exact) mass is 563 g/mol. The molecule has 10 heteroatoms. The predicted molar refractivity (Wildman–Crippen MR) is 134 cm³/mol. The Morgan fingerprint density at radius 1 is 0.848 bits per heavy atom. The summed E-state index contributed by atoms with van der Waals surface area (Å²) < 4.78 is 0.738. The Labute approximate surface area is 212 Å². The van der Waals surface area contributed by atoms with E-state index in [0.717, 1.165) is 9.37 Å². The van der Waals surface area contributed by atoms with Crippen LogP contribution in [0.4, 0.5) is 17.1 Å². The molecule has 0 saturated heterocycles. The van der Waals surface area contributed by atoms with Crippen LogP contribution in [0.5, 0.6) is 0 Å². The molecule has 1 aliphatic rings. The van der Waals surface area contributed by atoms with Crippen molar-refractivity contribution in [1.29, 1.82) is 0 Å². The van der Waals surface area contributed by atoms with Crippen molar-refractivity contribution in [3.05, 3.63) is 97.5 Å². The summed E-state index contributed by atoms with van der Waals surface area (Å²) in [4.78, 5) is 39.2. The third-order valence-corrected chi connectivity index (χ3v) is 6.49. The lowest BCUT2D eigenvalue weighted by Crippen LogP contribution is -2.32. The van der Waals surface area contributed by atoms with Crippen molar-refractivity contribution in [2.24, 2.45) is 0 Å². The molecule has 6 nitrogen and oxygen atoms in total. The minimum absolute atomic E-state index is 0.115. The quantitative estimate of drug-likeness (QED) is 0.349. The number of para-hydroxylation sites is 1. The molecule has 4 rings (SSSR count). The van der Waals surface area contributed by atoms with Crippen LogP contribution in [0.1, 0.15) is 10.4 Å². The highest BCUT2D eigenvalue weighted by molar-refractivity contribution is 9.10. The van der Waals surface area contributed by atoms with E-state index in [1.54, 1.807) is 36.4 Å². The molecule has 3 aromatic carbocycles. The Kier molecular flexibility index (Phi) is 6.76. The normalized spacial score (nSPS) is 13.5. The molecule has 166 valence electrons. The van der Waals surface area contributed by atoms with E-state index in [1.165, 1.54) is 18.2 Å². The van der Waals surface area contributed by atoms with Crippen molar-refractivity contribution in [3.63, 3.8) is 0 Å². The van der Waals surface area contributed by atoms with Gasteiger partial charge < -0.3 is 10.6 Å². The number of carbonyl (C=O) groups is 3. The molecule has 0 aromatic heterocycles. The fraction of sp³-hybridized carbons (Fsp3) is 0. The lowest BCUT2D eigenvalue weighted by atomic mass is 10.1. The van der Waals surface area contributed by atoms with Crippen molar-refractivity contribution in [1.82, 2.24) is 0 Å². The highest BCUT2D eigenvalue weighted by atomic mass is 79.9. The number of hydrogen-bond donors (Lipinski definition) is 2. The molecule has 0 atom stereocenters. The lowest BCUT2D eigenvalue weighted by molar-refractivity contribution is -0.120. The van der Waals surface area contributed by atoms with Gasteiger partial charge in [-0.15, -0.1) is 0 Å². The minimum Gasteiger partial charge on any atom is -0.350 e. The third kappa shape index (κ3) is 4.77. The standard InChI is InChI=1S/C23H13BrCl3N3O3/c24-15-6-1-2-7-18(15)29-21(31)12-4-3-5-13(10-12)28-20-19(27)22(32)30(23(20)33)14-8-9-16(25)17(26)11-14/h1-11,28H,(H,29,31). The van der Waals surface area contributed by atoms with Gasteiger partial charge in [0, 0.05) is 15.7 Å². The van der Waals surface area contributed by atoms with Gasteiger partial charge in [0.2, 0.25) is 0 Å². The Bertz CT molecular complexity index is 1340. The van der Waals surface area contributed by atoms with Crippen molar-refractivity contribution in [2.75, 3.05) is 15.5 Å². The van der Waals surface area contributed by atoms with Crippen LogP contribution >= 0.6 is 50.7 Å². The fourth-order valence-electron chi connectivity index (χ4n) is 3.11. The minimum atomic E-state index is -0.703. The van der Waals surface area contributed by atoms with Crippen molar-refractivity contribution >= 4 is 85.5 Å². The average Bonchev–Trinajstić information content (AvgIpc) is 3.00. The Morgan fingerprint density at radius 2 is 1.61 bits per heavy atom. The average molecular weight is 566 g/mol. The number of halogens is 4. The molecule has 0 saturated carbocycles. The van der Waals surface area contributed by atoms with Gasteiger partial charge in [-0.3, -0.25) is 14.4 Å². The molecule has 33 heavy (non-hydrogen) atoms. The van der Waals surface area contributed by atoms with Gasteiger partial charge in [-0.1, -0.05) is 53.0 Å². The summed E-state index contributed by atoms with van der Waals surface area (Å²) in [6, 6.07) is 18.0. The number of nitrogens with one attached hydrogen (secondary N) is 2. The maximum atomic E-state index is 13.0. The first-order chi connectivity index (χ1) is 15.8. The summed E-state index contributed by atoms with van der Waals surface area (Å²) in [5, 5.41) is 5.85. The molecule has 1 heterocycles. The van der Waals surface area contributed by atoms with E-state index in [1.807, 2.05) is 12.1 Å². The first-order valence-electron chi connectivity index (χ1n) is 9.43. The number of benzene rings is 3. The summed E-state index contributed by atoms with van der Waals surface area (Å²) in [5.74, 6) is -1.71. The topological polar surface area (TPSA) is 78.5 Å². The van der Waals surface area contributed by atoms with Crippen LogP contribution < -0.4 is 15.5 Å². The highest BCUT2D eigenvalue weighted by Crippen LogP contribution is 2.33. The molecule has 3 amide bonds. The molecule has 0 unspecified atom stereocenters. The molecule has 1 aliphatic heterocycles. The Morgan fingerprint density at radius 3 is 2.33 bits per heavy atom. The van der Waals surface area contributed by atoms with Crippen LogP contribution in [-0.4, -0.2) is 17.7 Å². The van der Waals surface area contributed by atoms with E-state index < -0.39 is 11.8 Å². The smallest absolute Gasteiger partial charge is 0.283 e. The number of imide groups is 1. The molecule has 0 spiro atoms. The Hall–Kier alpha value is -2.84. The molecule has 0 fully saturated rings. The molecular weight excluding hydrogens is 553 g/mol. The van der Waals surface area contributed by atoms with Crippen LogP contribution in [0.15, 0.2) is 81.9 Å². The van der Waals surface area contributed by atoms with E-state index in [2.05, 4.69) is 26.6 Å². The summed E-state index contributed by atoms with van der Waals surface area (Å²) in [6.07, 6.45) is 0. The number of hydrogen-bond acceptors (Lipinski definition) is 4. The maximum absolute atomic E-state index is 13.0. The summed E-state index contributed by atoms with van der Waals surface area (Å²) in [6.45, 7) is 0. The molecule has 2 N–H and O–H groups in total. The number of nitrogens with zero attached hydrogens (tertiary/aromatic N) is 1. The zero-order valence-electron chi connectivity index (χ0n) is 16.5. The van der Waals surface area contributed by atoms with E-state index in [4.69, 9.17) is 34.8 Å². The third-order valence-electron chi connectivity index (χ3n) is 4.70. The zero-order valence-corrected chi connectivity index (χ0v) is 20.4. The molecule has 0 aliphatic carbocycles. The first-order valence-corrected chi connectivity index (χ1v) is 11.4. The summed E-state index contributed by atoms with van der Waals surface area (Å²) in [7, 11) is 0. The van der Waals surface area contributed by atoms with Gasteiger partial charge >= 0.3 is 0 Å². The molecule has 3 aromatic rings. The number of rotatable bonds is 5. The van der Waals surface area contributed by atoms with E-state index >= 15 is 0 Å². The van der Waals surface area contributed by atoms with E-state index in [0.29, 0.717) is 16.9 Å². The van der Waals surface area contributed by atoms with Crippen LogP contribution in [0, 0.1) is 0 Å². The molecule has 0 bridgehead atoms. The van der Waals surface area contributed by atoms with Crippen molar-refractivity contribution in [2.45, 2.75) is 0 Å². The summed E-state index contributed by atoms with van der Waals surface area (Å²) in [5.41, 5.74) is 1.47. The maximum Gasteiger partial charge on any atom is 0.283 e. The SMILES string of the molecule is O=C(Nc1ccccc1Br)c1cccc(NC2=C(Cl)C(=O)N(c3ccc(Cl)c(Cl)c3)C2=O)c1. The van der Waals surface area contributed by atoms with Crippen molar-refractivity contribution in [3.8, 4) is 0 Å². The second-order valence-corrected chi connectivity index (χ2v) is 8.92. The van der Waals surface area contributed by atoms with Crippen LogP contribution in [-0.2, 0) is 9.59 Å². The van der Waals surface area contributed by atoms with Crippen LogP contribution in [0.3, 0.4) is 0 Å². The number of anilines is 3. The Balaban J connectivity index is 1.56. The van der Waals surface area contributed by atoms with Crippen LogP contribution in [0.25, 0.3) is 0 Å². The van der Waals surface area contributed by atoms with Gasteiger partial charge in [0.25, 0.3) is 17.7 Å². The second kappa shape index (κ2) is 9.57. The molecule has 0 radical (unpaired) electrons. The largest absolute Gasteiger partial charge is 0.350 e. The van der Waals surface area contributed by atoms with Gasteiger partial charge in [0.1, 0.15) is 10.7 Å². The number of carbonyl (C=O) groups excluding carboxylic acids is 3. The molecular formula is C23H13BrCl3N3O3. The van der Waals surface area contributed by atoms with Gasteiger partial charge in [-0.2, -0.15) is 0 Å². The number of amides is 3. The van der Waals surface area contributed by atoms with E-state index in [-0.39, 0.29) is 32.4 Å². The lowest BCUT2D eigenvalue weighted by Gasteiger charge is -2.16. The van der Waals surface area contributed by atoms with Gasteiger partial charge in [0.15, 0.2) is 0 Å². The fourth-order valence-corrected chi connectivity index (χ4v) is 4.00. The first kappa shape index (κ1) is 23.3. The summed E-state index contributed by atoms with van der Waals surface area (Å²) >= 11 is 21.5. The predicted octanol–water partition coefficient (Wildman–Crippen LogP) is 6.44.